The molecule has 0 radical (unpaired) electrons. The van der Waals surface area contributed by atoms with Gasteiger partial charge >= 0.3 is 0 Å². The molecule has 2 aliphatic carbocycles. The molecule has 5 rings (SSSR count). The number of hydrogen-bond donors (Lipinski definition) is 3. The molecule has 0 spiro atoms. The summed E-state index contributed by atoms with van der Waals surface area (Å²) in [6.07, 6.45) is 7.16. The Labute approximate surface area is 214 Å². The molecule has 3 aromatic rings. The first-order valence-electron chi connectivity index (χ1n) is 12.5. The summed E-state index contributed by atoms with van der Waals surface area (Å²) in [6.45, 7) is 0. The summed E-state index contributed by atoms with van der Waals surface area (Å²) in [5, 5.41) is 8.99. The summed E-state index contributed by atoms with van der Waals surface area (Å²) in [7, 11) is 5.54. The zero-order valence-corrected chi connectivity index (χ0v) is 21.7. The Morgan fingerprint density at radius 3 is 2.44 bits per heavy atom. The Balaban J connectivity index is 1.45. The van der Waals surface area contributed by atoms with Crippen molar-refractivity contribution in [2.45, 2.75) is 51.0 Å². The molecular formula is C26H32N6O3S. The molecule has 2 fully saturated rings. The molecule has 10 heteroatoms. The van der Waals surface area contributed by atoms with Gasteiger partial charge in [-0.1, -0.05) is 19.3 Å². The van der Waals surface area contributed by atoms with E-state index in [1.54, 1.807) is 17.3 Å². The first-order chi connectivity index (χ1) is 17.3. The number of H-pyrrole nitrogens is 1. The van der Waals surface area contributed by atoms with Crippen LogP contribution in [0.1, 0.15) is 65.8 Å². The first-order valence-corrected chi connectivity index (χ1v) is 13.4. The van der Waals surface area contributed by atoms with Crippen molar-refractivity contribution >= 4 is 56.6 Å². The van der Waals surface area contributed by atoms with Crippen molar-refractivity contribution in [1.29, 1.82) is 0 Å². The Morgan fingerprint density at radius 2 is 1.78 bits per heavy atom. The molecule has 0 saturated heterocycles. The van der Waals surface area contributed by atoms with E-state index in [0.717, 1.165) is 49.3 Å². The molecule has 0 bridgehead atoms. The van der Waals surface area contributed by atoms with Crippen LogP contribution in [0.25, 0.3) is 10.9 Å². The SMILES string of the molecule is CN(C)c1nc(C(=O)Nc2[nH]c3cc(N(C)C(=O)C4CCCCC4)ccc3c2C(=O)NC2CC2)cs1. The van der Waals surface area contributed by atoms with Crippen LogP contribution < -0.4 is 20.4 Å². The number of fused-ring (bicyclic) bond motifs is 1. The van der Waals surface area contributed by atoms with Gasteiger partial charge in [-0.2, -0.15) is 0 Å². The second kappa shape index (κ2) is 9.93. The lowest BCUT2D eigenvalue weighted by atomic mass is 9.88. The number of nitrogens with one attached hydrogen (secondary N) is 3. The number of benzene rings is 1. The van der Waals surface area contributed by atoms with Crippen LogP contribution in [0.4, 0.5) is 16.6 Å². The van der Waals surface area contributed by atoms with Crippen molar-refractivity contribution in [3.05, 3.63) is 34.8 Å². The van der Waals surface area contributed by atoms with Crippen LogP contribution in [0.2, 0.25) is 0 Å². The molecule has 190 valence electrons. The molecule has 0 atom stereocenters. The molecule has 2 aromatic heterocycles. The molecule has 1 aromatic carbocycles. The van der Waals surface area contributed by atoms with Gasteiger partial charge in [-0.15, -0.1) is 11.3 Å². The van der Waals surface area contributed by atoms with Gasteiger partial charge in [-0.05, 0) is 43.9 Å². The van der Waals surface area contributed by atoms with Gasteiger partial charge < -0.3 is 25.4 Å². The highest BCUT2D eigenvalue weighted by Crippen LogP contribution is 2.33. The number of hydrogen-bond acceptors (Lipinski definition) is 6. The fourth-order valence-corrected chi connectivity index (χ4v) is 5.45. The van der Waals surface area contributed by atoms with E-state index in [9.17, 15) is 14.4 Å². The second-order valence-electron chi connectivity index (χ2n) is 9.95. The fourth-order valence-electron chi connectivity index (χ4n) is 4.71. The highest BCUT2D eigenvalue weighted by molar-refractivity contribution is 7.13. The van der Waals surface area contributed by atoms with E-state index in [1.807, 2.05) is 37.2 Å². The van der Waals surface area contributed by atoms with Crippen LogP contribution in [0.3, 0.4) is 0 Å². The van der Waals surface area contributed by atoms with Crippen LogP contribution in [-0.2, 0) is 4.79 Å². The van der Waals surface area contributed by atoms with Crippen molar-refractivity contribution in [3.63, 3.8) is 0 Å². The largest absolute Gasteiger partial charge is 0.354 e. The van der Waals surface area contributed by atoms with Gasteiger partial charge in [0.05, 0.1) is 5.56 Å². The number of nitrogens with zero attached hydrogens (tertiary/aromatic N) is 3. The summed E-state index contributed by atoms with van der Waals surface area (Å²) in [5.41, 5.74) is 2.11. The van der Waals surface area contributed by atoms with Crippen molar-refractivity contribution < 1.29 is 14.4 Å². The fraction of sp³-hybridized carbons (Fsp3) is 0.462. The van der Waals surface area contributed by atoms with Gasteiger partial charge in [-0.3, -0.25) is 14.4 Å². The topological polar surface area (TPSA) is 110 Å². The van der Waals surface area contributed by atoms with Crippen molar-refractivity contribution in [3.8, 4) is 0 Å². The van der Waals surface area contributed by atoms with Gasteiger partial charge in [-0.25, -0.2) is 4.98 Å². The van der Waals surface area contributed by atoms with Gasteiger partial charge in [0.25, 0.3) is 11.8 Å². The minimum absolute atomic E-state index is 0.0583. The van der Waals surface area contributed by atoms with Crippen molar-refractivity contribution in [2.75, 3.05) is 36.3 Å². The van der Waals surface area contributed by atoms with Crippen molar-refractivity contribution in [1.82, 2.24) is 15.3 Å². The summed E-state index contributed by atoms with van der Waals surface area (Å²) in [6, 6.07) is 5.74. The summed E-state index contributed by atoms with van der Waals surface area (Å²) >= 11 is 1.38. The molecule has 0 aliphatic heterocycles. The lowest BCUT2D eigenvalue weighted by Crippen LogP contribution is -2.33. The standard InChI is InChI=1S/C26H32N6O3S/c1-31(2)26-29-20(14-36-26)23(33)30-22-21(24(34)27-16-9-10-16)18-12-11-17(13-19(18)28-22)32(3)25(35)15-7-5-4-6-8-15/h11-16,28H,4-10H2,1-3H3,(H,27,34)(H,30,33). The Morgan fingerprint density at radius 1 is 1.03 bits per heavy atom. The molecule has 0 unspecified atom stereocenters. The number of carbonyl (C=O) groups excluding carboxylic acids is 3. The van der Waals surface area contributed by atoms with E-state index in [1.165, 1.54) is 17.8 Å². The molecule has 2 saturated carbocycles. The number of thiazole rings is 1. The lowest BCUT2D eigenvalue weighted by molar-refractivity contribution is -0.123. The summed E-state index contributed by atoms with van der Waals surface area (Å²) < 4.78 is 0. The van der Waals surface area contributed by atoms with Crippen LogP contribution in [-0.4, -0.2) is 54.9 Å². The van der Waals surface area contributed by atoms with Crippen LogP contribution in [0, 0.1) is 5.92 Å². The number of rotatable bonds is 7. The molecule has 3 N–H and O–H groups in total. The molecular weight excluding hydrogens is 476 g/mol. The van der Waals surface area contributed by atoms with Gasteiger partial charge in [0.15, 0.2) is 5.13 Å². The van der Waals surface area contributed by atoms with E-state index in [0.29, 0.717) is 22.3 Å². The summed E-state index contributed by atoms with van der Waals surface area (Å²) in [5.74, 6) is -0.114. The van der Waals surface area contributed by atoms with Gasteiger partial charge in [0.1, 0.15) is 11.5 Å². The first kappa shape index (κ1) is 24.3. The predicted molar refractivity (Wildman–Crippen MR) is 143 cm³/mol. The number of anilines is 3. The lowest BCUT2D eigenvalue weighted by Gasteiger charge is -2.26. The van der Waals surface area contributed by atoms with E-state index < -0.39 is 5.91 Å². The van der Waals surface area contributed by atoms with Gasteiger partial charge in [0, 0.05) is 55.1 Å². The van der Waals surface area contributed by atoms with E-state index in [-0.39, 0.29) is 29.5 Å². The molecule has 36 heavy (non-hydrogen) atoms. The second-order valence-corrected chi connectivity index (χ2v) is 10.8. The molecule has 2 heterocycles. The van der Waals surface area contributed by atoms with Crippen molar-refractivity contribution in [2.24, 2.45) is 5.92 Å². The number of aromatic amines is 1. The number of amides is 3. The van der Waals surface area contributed by atoms with Gasteiger partial charge in [0.2, 0.25) is 5.91 Å². The minimum Gasteiger partial charge on any atom is -0.354 e. The average molecular weight is 509 g/mol. The average Bonchev–Trinajstić information content (AvgIpc) is 3.40. The third-order valence-corrected chi connectivity index (χ3v) is 7.95. The van der Waals surface area contributed by atoms with E-state index >= 15 is 0 Å². The maximum Gasteiger partial charge on any atom is 0.276 e. The Hall–Kier alpha value is -3.40. The highest BCUT2D eigenvalue weighted by Gasteiger charge is 2.29. The minimum atomic E-state index is -0.392. The third-order valence-electron chi connectivity index (χ3n) is 6.94. The van der Waals surface area contributed by atoms with Crippen LogP contribution >= 0.6 is 11.3 Å². The third kappa shape index (κ3) is 4.95. The Kier molecular flexibility index (Phi) is 6.70. The molecule has 9 nitrogen and oxygen atoms in total. The number of aromatic nitrogens is 2. The molecule has 3 amide bonds. The smallest absolute Gasteiger partial charge is 0.276 e. The maximum atomic E-state index is 13.2. The molecule has 2 aliphatic rings. The number of carbonyl (C=O) groups is 3. The quantitative estimate of drug-likeness (QED) is 0.439. The highest BCUT2D eigenvalue weighted by atomic mass is 32.1. The van der Waals surface area contributed by atoms with Crippen LogP contribution in [0.15, 0.2) is 23.6 Å². The summed E-state index contributed by atoms with van der Waals surface area (Å²) in [4.78, 5) is 50.4. The Bertz CT molecular complexity index is 1300. The normalized spacial score (nSPS) is 16.1. The predicted octanol–water partition coefficient (Wildman–Crippen LogP) is 4.38. The zero-order chi connectivity index (χ0) is 25.4. The van der Waals surface area contributed by atoms with E-state index in [2.05, 4.69) is 20.6 Å². The van der Waals surface area contributed by atoms with Crippen LogP contribution in [0.5, 0.6) is 0 Å². The van der Waals surface area contributed by atoms with E-state index in [4.69, 9.17) is 0 Å². The monoisotopic (exact) mass is 508 g/mol. The maximum absolute atomic E-state index is 13.2. The zero-order valence-electron chi connectivity index (χ0n) is 20.9.